The van der Waals surface area contributed by atoms with Crippen LogP contribution in [0.1, 0.15) is 22.7 Å². The highest BCUT2D eigenvalue weighted by Gasteiger charge is 2.40. The summed E-state index contributed by atoms with van der Waals surface area (Å²) in [6.07, 6.45) is 3.91. The molecule has 4 rings (SSSR count). The summed E-state index contributed by atoms with van der Waals surface area (Å²) in [6.45, 7) is 9.55. The number of hydrogen-bond acceptors (Lipinski definition) is 6. The molecule has 2 saturated heterocycles. The molecule has 7 nitrogen and oxygen atoms in total. The van der Waals surface area contributed by atoms with E-state index in [1.54, 1.807) is 6.33 Å². The second kappa shape index (κ2) is 6.07. The van der Waals surface area contributed by atoms with E-state index in [-0.39, 0.29) is 6.10 Å². The minimum atomic E-state index is 0.284. The second-order valence-electron chi connectivity index (χ2n) is 6.52. The Kier molecular flexibility index (Phi) is 3.92. The fourth-order valence-electron chi connectivity index (χ4n) is 3.70. The van der Waals surface area contributed by atoms with Crippen LogP contribution in [0, 0.1) is 13.8 Å². The van der Waals surface area contributed by atoms with Crippen molar-refractivity contribution < 1.29 is 9.26 Å². The zero-order valence-corrected chi connectivity index (χ0v) is 13.7. The fourth-order valence-corrected chi connectivity index (χ4v) is 3.70. The fraction of sp³-hybridized carbons (Fsp3) is 0.625. The molecule has 0 spiro atoms. The van der Waals surface area contributed by atoms with Crippen LogP contribution in [0.15, 0.2) is 17.0 Å². The first kappa shape index (κ1) is 14.9. The maximum Gasteiger partial charge on any atom is 0.138 e. The van der Waals surface area contributed by atoms with Crippen LogP contribution in [0.3, 0.4) is 0 Å². The molecule has 0 aliphatic carbocycles. The number of rotatable bonds is 4. The number of ether oxygens (including phenoxy) is 1. The molecule has 2 fully saturated rings. The van der Waals surface area contributed by atoms with Gasteiger partial charge >= 0.3 is 0 Å². The molecule has 0 unspecified atom stereocenters. The maximum atomic E-state index is 6.01. The number of nitrogens with one attached hydrogen (secondary N) is 1. The smallest absolute Gasteiger partial charge is 0.138 e. The number of aryl methyl sites for hydroxylation is 2. The summed E-state index contributed by atoms with van der Waals surface area (Å²) in [4.78, 5) is 12.2. The molecule has 0 radical (unpaired) electrons. The third-order valence-electron chi connectivity index (χ3n) is 4.98. The first-order valence-electron chi connectivity index (χ1n) is 8.17. The molecule has 4 heterocycles. The number of likely N-dealkylation sites (tertiary alicyclic amines) is 1. The predicted molar refractivity (Wildman–Crippen MR) is 83.8 cm³/mol. The third-order valence-corrected chi connectivity index (χ3v) is 4.98. The summed E-state index contributed by atoms with van der Waals surface area (Å²) >= 11 is 0. The molecule has 2 aromatic rings. The van der Waals surface area contributed by atoms with Crippen LogP contribution in [0.2, 0.25) is 0 Å². The van der Waals surface area contributed by atoms with E-state index in [9.17, 15) is 0 Å². The highest BCUT2D eigenvalue weighted by Crippen LogP contribution is 2.26. The van der Waals surface area contributed by atoms with Gasteiger partial charge in [0.15, 0.2) is 0 Å². The zero-order chi connectivity index (χ0) is 15.8. The van der Waals surface area contributed by atoms with E-state index >= 15 is 0 Å². The average Bonchev–Trinajstić information content (AvgIpc) is 3.25. The number of morpholine rings is 1. The minimum absolute atomic E-state index is 0.284. The summed E-state index contributed by atoms with van der Waals surface area (Å²) in [5.74, 6) is 0.929. The molecular formula is C16H23N5O2. The molecular weight excluding hydrogens is 294 g/mol. The Labute approximate surface area is 135 Å². The number of nitrogens with zero attached hydrogens (tertiary/aromatic N) is 4. The number of aromatic nitrogens is 3. The van der Waals surface area contributed by atoms with Gasteiger partial charge in [0.25, 0.3) is 0 Å². The Bertz CT molecular complexity index is 634. The number of aromatic amines is 1. The van der Waals surface area contributed by atoms with Gasteiger partial charge in [-0.25, -0.2) is 4.98 Å². The molecule has 2 aromatic heterocycles. The van der Waals surface area contributed by atoms with E-state index in [4.69, 9.17) is 9.26 Å². The van der Waals surface area contributed by atoms with E-state index in [0.717, 1.165) is 56.5 Å². The highest BCUT2D eigenvalue weighted by molar-refractivity contribution is 5.21. The number of imidazole rings is 1. The SMILES string of the molecule is Cc1noc(C)c1CN1CCO[C@@H]2CN(Cc3cnc[nH]3)C[C@@H]21. The van der Waals surface area contributed by atoms with Crippen molar-refractivity contribution in [1.29, 1.82) is 0 Å². The Balaban J connectivity index is 1.45. The Morgan fingerprint density at radius 3 is 2.96 bits per heavy atom. The highest BCUT2D eigenvalue weighted by atomic mass is 16.5. The molecule has 0 amide bonds. The Morgan fingerprint density at radius 1 is 1.30 bits per heavy atom. The van der Waals surface area contributed by atoms with Crippen molar-refractivity contribution in [1.82, 2.24) is 24.9 Å². The largest absolute Gasteiger partial charge is 0.374 e. The van der Waals surface area contributed by atoms with E-state index in [1.807, 2.05) is 20.0 Å². The van der Waals surface area contributed by atoms with Crippen LogP contribution >= 0.6 is 0 Å². The van der Waals surface area contributed by atoms with Crippen molar-refractivity contribution >= 4 is 0 Å². The Morgan fingerprint density at radius 2 is 2.22 bits per heavy atom. The van der Waals surface area contributed by atoms with Crippen LogP contribution in [0.5, 0.6) is 0 Å². The van der Waals surface area contributed by atoms with Crippen molar-refractivity contribution in [2.24, 2.45) is 0 Å². The average molecular weight is 317 g/mol. The molecule has 0 aromatic carbocycles. The van der Waals surface area contributed by atoms with Gasteiger partial charge in [-0.1, -0.05) is 5.16 Å². The molecule has 2 atom stereocenters. The predicted octanol–water partition coefficient (Wildman–Crippen LogP) is 1.10. The van der Waals surface area contributed by atoms with Crippen LogP contribution in [0.4, 0.5) is 0 Å². The lowest BCUT2D eigenvalue weighted by atomic mass is 10.1. The van der Waals surface area contributed by atoms with Crippen LogP contribution < -0.4 is 0 Å². The normalized spacial score (nSPS) is 25.8. The van der Waals surface area contributed by atoms with Gasteiger partial charge in [-0.05, 0) is 13.8 Å². The Hall–Kier alpha value is -1.70. The lowest BCUT2D eigenvalue weighted by molar-refractivity contribution is -0.0506. The quantitative estimate of drug-likeness (QED) is 0.910. The van der Waals surface area contributed by atoms with Gasteiger partial charge in [0.2, 0.25) is 0 Å². The van der Waals surface area contributed by atoms with Crippen molar-refractivity contribution in [3.8, 4) is 0 Å². The molecule has 124 valence electrons. The van der Waals surface area contributed by atoms with E-state index in [2.05, 4.69) is 24.9 Å². The maximum absolute atomic E-state index is 6.01. The second-order valence-corrected chi connectivity index (χ2v) is 6.52. The molecule has 0 saturated carbocycles. The van der Waals surface area contributed by atoms with Gasteiger partial charge in [0.1, 0.15) is 5.76 Å². The van der Waals surface area contributed by atoms with Gasteiger partial charge in [0, 0.05) is 50.2 Å². The van der Waals surface area contributed by atoms with Crippen molar-refractivity contribution in [3.63, 3.8) is 0 Å². The van der Waals surface area contributed by atoms with E-state index in [0.29, 0.717) is 6.04 Å². The molecule has 1 N–H and O–H groups in total. The minimum Gasteiger partial charge on any atom is -0.374 e. The topological polar surface area (TPSA) is 70.4 Å². The molecule has 2 aliphatic rings. The number of H-pyrrole nitrogens is 1. The van der Waals surface area contributed by atoms with Gasteiger partial charge in [-0.3, -0.25) is 9.80 Å². The van der Waals surface area contributed by atoms with Gasteiger partial charge < -0.3 is 14.2 Å². The summed E-state index contributed by atoms with van der Waals surface area (Å²) in [7, 11) is 0. The van der Waals surface area contributed by atoms with Crippen molar-refractivity contribution in [3.05, 3.63) is 35.2 Å². The summed E-state index contributed by atoms with van der Waals surface area (Å²) < 4.78 is 11.3. The first-order chi connectivity index (χ1) is 11.2. The summed E-state index contributed by atoms with van der Waals surface area (Å²) in [5.41, 5.74) is 3.37. The molecule has 7 heteroatoms. The number of fused-ring (bicyclic) bond motifs is 1. The third kappa shape index (κ3) is 2.91. The monoisotopic (exact) mass is 317 g/mol. The summed E-state index contributed by atoms with van der Waals surface area (Å²) in [6, 6.07) is 0.431. The van der Waals surface area contributed by atoms with Crippen molar-refractivity contribution in [2.45, 2.75) is 39.1 Å². The van der Waals surface area contributed by atoms with E-state index in [1.165, 1.54) is 5.56 Å². The van der Waals surface area contributed by atoms with Crippen LogP contribution in [0.25, 0.3) is 0 Å². The standard InChI is InChI=1S/C16H23N5O2/c1-11-14(12(2)23-19-11)7-21-3-4-22-16-9-20(8-15(16)21)6-13-5-17-10-18-13/h5,10,15-16H,3-4,6-9H2,1-2H3,(H,17,18)/t15-,16+/m0/s1. The number of hydrogen-bond donors (Lipinski definition) is 1. The summed E-state index contributed by atoms with van der Waals surface area (Å²) in [5, 5.41) is 4.08. The lowest BCUT2D eigenvalue weighted by Gasteiger charge is -2.36. The van der Waals surface area contributed by atoms with Gasteiger partial charge in [-0.2, -0.15) is 0 Å². The van der Waals surface area contributed by atoms with Crippen LogP contribution in [-0.2, 0) is 17.8 Å². The zero-order valence-electron chi connectivity index (χ0n) is 13.7. The van der Waals surface area contributed by atoms with Crippen molar-refractivity contribution in [2.75, 3.05) is 26.2 Å². The molecule has 23 heavy (non-hydrogen) atoms. The van der Waals surface area contributed by atoms with Gasteiger partial charge in [-0.15, -0.1) is 0 Å². The van der Waals surface area contributed by atoms with Crippen LogP contribution in [-0.4, -0.2) is 63.3 Å². The van der Waals surface area contributed by atoms with E-state index < -0.39 is 0 Å². The van der Waals surface area contributed by atoms with Gasteiger partial charge in [0.05, 0.1) is 30.8 Å². The molecule has 2 aliphatic heterocycles. The molecule has 0 bridgehead atoms. The lowest BCUT2D eigenvalue weighted by Crippen LogP contribution is -2.50. The first-order valence-corrected chi connectivity index (χ1v) is 8.17.